The van der Waals surface area contributed by atoms with Crippen LogP contribution in [0.15, 0.2) is 0 Å². The van der Waals surface area contributed by atoms with Gasteiger partial charge in [0.15, 0.2) is 0 Å². The topological polar surface area (TPSA) is 58.2 Å². The van der Waals surface area contributed by atoms with Crippen molar-refractivity contribution >= 4 is 11.8 Å². The van der Waals surface area contributed by atoms with Crippen LogP contribution in [0.1, 0.15) is 46.5 Å². The van der Waals surface area contributed by atoms with Crippen LogP contribution in [-0.4, -0.2) is 24.9 Å². The van der Waals surface area contributed by atoms with Gasteiger partial charge in [0.1, 0.15) is 5.41 Å². The van der Waals surface area contributed by atoms with Crippen molar-refractivity contribution < 1.29 is 9.59 Å². The van der Waals surface area contributed by atoms with E-state index in [1.54, 1.807) is 0 Å². The quantitative estimate of drug-likeness (QED) is 0.662. The summed E-state index contributed by atoms with van der Waals surface area (Å²) in [5.74, 6) is 0.382. The van der Waals surface area contributed by atoms with Gasteiger partial charge < -0.3 is 10.6 Å². The Bertz CT molecular complexity index is 283. The van der Waals surface area contributed by atoms with Crippen molar-refractivity contribution in [2.75, 3.05) is 13.1 Å². The van der Waals surface area contributed by atoms with Gasteiger partial charge in [-0.05, 0) is 31.6 Å². The molecule has 0 unspecified atom stereocenters. The Kier molecular flexibility index (Phi) is 4.97. The first-order chi connectivity index (χ1) is 8.03. The number of carbonyl (C=O) groups is 2. The molecule has 0 saturated heterocycles. The lowest BCUT2D eigenvalue weighted by Crippen LogP contribution is -2.43. The fraction of sp³-hybridized carbons (Fsp3) is 0.846. The fourth-order valence-electron chi connectivity index (χ4n) is 1.73. The maximum Gasteiger partial charge on any atom is 0.235 e. The maximum atomic E-state index is 11.9. The molecule has 0 aromatic carbocycles. The van der Waals surface area contributed by atoms with Gasteiger partial charge in [0.05, 0.1) is 0 Å². The Labute approximate surface area is 104 Å². The van der Waals surface area contributed by atoms with Gasteiger partial charge in [-0.1, -0.05) is 20.8 Å². The van der Waals surface area contributed by atoms with E-state index < -0.39 is 5.41 Å². The molecule has 0 radical (unpaired) electrons. The SMILES string of the molecule is CCCNC(=O)C1(C(=O)NCCC(C)C)CC1. The molecule has 17 heavy (non-hydrogen) atoms. The smallest absolute Gasteiger partial charge is 0.235 e. The summed E-state index contributed by atoms with van der Waals surface area (Å²) in [6.07, 6.45) is 3.24. The third-order valence-corrected chi connectivity index (χ3v) is 3.16. The number of nitrogens with one attached hydrogen (secondary N) is 2. The average molecular weight is 240 g/mol. The first-order valence-corrected chi connectivity index (χ1v) is 6.59. The van der Waals surface area contributed by atoms with Gasteiger partial charge >= 0.3 is 0 Å². The van der Waals surface area contributed by atoms with Crippen molar-refractivity contribution in [3.63, 3.8) is 0 Å². The van der Waals surface area contributed by atoms with E-state index in [4.69, 9.17) is 0 Å². The lowest BCUT2D eigenvalue weighted by molar-refractivity contribution is -0.137. The van der Waals surface area contributed by atoms with Gasteiger partial charge in [0.25, 0.3) is 0 Å². The highest BCUT2D eigenvalue weighted by molar-refractivity contribution is 6.07. The highest BCUT2D eigenvalue weighted by Gasteiger charge is 2.56. The molecule has 0 aromatic heterocycles. The molecule has 1 aliphatic rings. The first-order valence-electron chi connectivity index (χ1n) is 6.59. The first kappa shape index (κ1) is 14.0. The van der Waals surface area contributed by atoms with E-state index >= 15 is 0 Å². The Morgan fingerprint density at radius 1 is 1.12 bits per heavy atom. The summed E-state index contributed by atoms with van der Waals surface area (Å²) < 4.78 is 0. The van der Waals surface area contributed by atoms with Crippen LogP contribution in [0.5, 0.6) is 0 Å². The minimum atomic E-state index is -0.744. The summed E-state index contributed by atoms with van der Waals surface area (Å²) in [5.41, 5.74) is -0.744. The third kappa shape index (κ3) is 3.72. The zero-order chi connectivity index (χ0) is 12.9. The van der Waals surface area contributed by atoms with Crippen molar-refractivity contribution in [3.8, 4) is 0 Å². The number of amides is 2. The Balaban J connectivity index is 2.37. The van der Waals surface area contributed by atoms with Crippen LogP contribution < -0.4 is 10.6 Å². The van der Waals surface area contributed by atoms with Gasteiger partial charge in [-0.2, -0.15) is 0 Å². The van der Waals surface area contributed by atoms with E-state index in [0.29, 0.717) is 31.8 Å². The third-order valence-electron chi connectivity index (χ3n) is 3.16. The van der Waals surface area contributed by atoms with Crippen molar-refractivity contribution in [1.82, 2.24) is 10.6 Å². The molecule has 4 nitrogen and oxygen atoms in total. The molecule has 2 amide bonds. The second-order valence-electron chi connectivity index (χ2n) is 5.28. The monoisotopic (exact) mass is 240 g/mol. The van der Waals surface area contributed by atoms with E-state index in [2.05, 4.69) is 24.5 Å². The number of carbonyl (C=O) groups excluding carboxylic acids is 2. The molecule has 98 valence electrons. The standard InChI is InChI=1S/C13H24N2O2/c1-4-8-14-11(16)13(6-7-13)12(17)15-9-5-10(2)3/h10H,4-9H2,1-3H3,(H,14,16)(H,15,17). The summed E-state index contributed by atoms with van der Waals surface area (Å²) in [5, 5.41) is 5.69. The Hall–Kier alpha value is -1.06. The average Bonchev–Trinajstić information content (AvgIpc) is 3.06. The Morgan fingerprint density at radius 3 is 2.06 bits per heavy atom. The van der Waals surface area contributed by atoms with E-state index in [0.717, 1.165) is 12.8 Å². The van der Waals surface area contributed by atoms with Crippen LogP contribution in [-0.2, 0) is 9.59 Å². The largest absolute Gasteiger partial charge is 0.355 e. The molecule has 0 bridgehead atoms. The molecule has 0 atom stereocenters. The number of rotatable bonds is 7. The van der Waals surface area contributed by atoms with Crippen LogP contribution in [0.25, 0.3) is 0 Å². The molecule has 0 aromatic rings. The predicted molar refractivity (Wildman–Crippen MR) is 67.4 cm³/mol. The summed E-state index contributed by atoms with van der Waals surface area (Å²) in [7, 11) is 0. The van der Waals surface area contributed by atoms with Gasteiger partial charge in [-0.25, -0.2) is 0 Å². The van der Waals surface area contributed by atoms with Crippen molar-refractivity contribution in [2.45, 2.75) is 46.5 Å². The minimum Gasteiger partial charge on any atom is -0.355 e. The number of hydrogen-bond donors (Lipinski definition) is 2. The summed E-state index contributed by atoms with van der Waals surface area (Å²) >= 11 is 0. The zero-order valence-electron chi connectivity index (χ0n) is 11.1. The van der Waals surface area contributed by atoms with Crippen LogP contribution in [0, 0.1) is 11.3 Å². The van der Waals surface area contributed by atoms with Gasteiger partial charge in [-0.15, -0.1) is 0 Å². The van der Waals surface area contributed by atoms with E-state index in [9.17, 15) is 9.59 Å². The lowest BCUT2D eigenvalue weighted by atomic mass is 10.0. The van der Waals surface area contributed by atoms with E-state index in [-0.39, 0.29) is 11.8 Å². The molecule has 1 rings (SSSR count). The van der Waals surface area contributed by atoms with Crippen LogP contribution in [0.4, 0.5) is 0 Å². The highest BCUT2D eigenvalue weighted by atomic mass is 16.2. The van der Waals surface area contributed by atoms with Crippen molar-refractivity contribution in [1.29, 1.82) is 0 Å². The zero-order valence-corrected chi connectivity index (χ0v) is 11.1. The summed E-state index contributed by atoms with van der Waals surface area (Å²) in [6, 6.07) is 0. The molecule has 0 spiro atoms. The summed E-state index contributed by atoms with van der Waals surface area (Å²) in [4.78, 5) is 23.8. The van der Waals surface area contributed by atoms with Crippen LogP contribution in [0.2, 0.25) is 0 Å². The highest BCUT2D eigenvalue weighted by Crippen LogP contribution is 2.46. The van der Waals surface area contributed by atoms with Gasteiger partial charge in [-0.3, -0.25) is 9.59 Å². The Morgan fingerprint density at radius 2 is 1.65 bits per heavy atom. The summed E-state index contributed by atoms with van der Waals surface area (Å²) in [6.45, 7) is 7.56. The second-order valence-corrected chi connectivity index (χ2v) is 5.28. The molecule has 1 aliphatic carbocycles. The van der Waals surface area contributed by atoms with E-state index in [1.165, 1.54) is 0 Å². The van der Waals surface area contributed by atoms with Gasteiger partial charge in [0, 0.05) is 13.1 Å². The maximum absolute atomic E-state index is 11.9. The molecular weight excluding hydrogens is 216 g/mol. The second kappa shape index (κ2) is 6.03. The molecule has 1 saturated carbocycles. The molecule has 4 heteroatoms. The minimum absolute atomic E-state index is 0.0910. The van der Waals surface area contributed by atoms with Crippen LogP contribution >= 0.6 is 0 Å². The molecule has 1 fully saturated rings. The normalized spacial score (nSPS) is 16.7. The van der Waals surface area contributed by atoms with Crippen molar-refractivity contribution in [3.05, 3.63) is 0 Å². The lowest BCUT2D eigenvalue weighted by Gasteiger charge is -2.15. The van der Waals surface area contributed by atoms with Crippen LogP contribution in [0.3, 0.4) is 0 Å². The molecule has 2 N–H and O–H groups in total. The number of hydrogen-bond acceptors (Lipinski definition) is 2. The molecule has 0 aliphatic heterocycles. The van der Waals surface area contributed by atoms with E-state index in [1.807, 2.05) is 6.92 Å². The fourth-order valence-corrected chi connectivity index (χ4v) is 1.73. The molecular formula is C13H24N2O2. The predicted octanol–water partition coefficient (Wildman–Crippen LogP) is 1.46. The van der Waals surface area contributed by atoms with Crippen molar-refractivity contribution in [2.24, 2.45) is 11.3 Å². The van der Waals surface area contributed by atoms with Gasteiger partial charge in [0.2, 0.25) is 11.8 Å². The molecule has 0 heterocycles.